The highest BCUT2D eigenvalue weighted by atomic mass is 32.2. The van der Waals surface area contributed by atoms with E-state index in [-0.39, 0.29) is 17.8 Å². The van der Waals surface area contributed by atoms with Crippen LogP contribution in [0.3, 0.4) is 0 Å². The van der Waals surface area contributed by atoms with Crippen LogP contribution >= 0.6 is 23.5 Å². The van der Waals surface area contributed by atoms with Crippen LogP contribution in [0.25, 0.3) is 0 Å². The summed E-state index contributed by atoms with van der Waals surface area (Å²) >= 11 is 3.12. The highest BCUT2D eigenvalue weighted by Gasteiger charge is 2.42. The second kappa shape index (κ2) is 8.71. The van der Waals surface area contributed by atoms with Gasteiger partial charge in [-0.15, -0.1) is 0 Å². The Balaban J connectivity index is 1.56. The van der Waals surface area contributed by atoms with E-state index in [1.54, 1.807) is 23.9 Å². The van der Waals surface area contributed by atoms with Crippen molar-refractivity contribution in [2.24, 2.45) is 4.99 Å². The van der Waals surface area contributed by atoms with Crippen LogP contribution in [0.4, 0.5) is 15.8 Å². The molecule has 0 N–H and O–H groups in total. The predicted molar refractivity (Wildman–Crippen MR) is 127 cm³/mol. The lowest BCUT2D eigenvalue weighted by Crippen LogP contribution is -2.40. The van der Waals surface area contributed by atoms with E-state index in [2.05, 4.69) is 24.0 Å². The molecule has 2 aromatic carbocycles. The first kappa shape index (κ1) is 20.6. The van der Waals surface area contributed by atoms with Crippen molar-refractivity contribution in [3.8, 4) is 0 Å². The molecule has 2 aliphatic heterocycles. The number of amides is 1. The molecule has 7 heteroatoms. The van der Waals surface area contributed by atoms with Gasteiger partial charge in [-0.2, -0.15) is 0 Å². The first-order valence-corrected chi connectivity index (χ1v) is 12.4. The molecule has 0 radical (unpaired) electrons. The lowest BCUT2D eigenvalue weighted by atomic mass is 9.94. The summed E-state index contributed by atoms with van der Waals surface area (Å²) in [6.45, 7) is 2.91. The van der Waals surface area contributed by atoms with Gasteiger partial charge in [-0.25, -0.2) is 9.38 Å². The maximum atomic E-state index is 13.7. The zero-order chi connectivity index (χ0) is 21.4. The number of benzene rings is 2. The van der Waals surface area contributed by atoms with Crippen molar-refractivity contribution in [3.05, 3.63) is 64.3 Å². The largest absolute Gasteiger partial charge is 0.334 e. The van der Waals surface area contributed by atoms with Gasteiger partial charge in [0.05, 0.1) is 11.4 Å². The Morgan fingerprint density at radius 3 is 2.52 bits per heavy atom. The number of carbonyl (C=O) groups excluding carboxylic acids is 1. The first-order chi connectivity index (χ1) is 15.2. The van der Waals surface area contributed by atoms with Crippen molar-refractivity contribution in [2.75, 3.05) is 11.4 Å². The van der Waals surface area contributed by atoms with Gasteiger partial charge in [0.2, 0.25) is 0 Å². The number of anilines is 1. The molecule has 0 unspecified atom stereocenters. The zero-order valence-corrected chi connectivity index (χ0v) is 19.0. The van der Waals surface area contributed by atoms with Gasteiger partial charge in [0.15, 0.2) is 5.17 Å². The summed E-state index contributed by atoms with van der Waals surface area (Å²) in [5.41, 5.74) is 1.82. The SMILES string of the molecule is CCN1/C(=C2/SC(=Nc3ccc(F)cc3)N(C3CCCCC3)C2=O)Sc2ccccc21. The third-order valence-corrected chi connectivity index (χ3v) is 8.28. The number of hydrogen-bond donors (Lipinski definition) is 0. The Kier molecular flexibility index (Phi) is 5.80. The molecule has 3 aliphatic rings. The van der Waals surface area contributed by atoms with Crippen LogP contribution in [0.1, 0.15) is 39.0 Å². The number of rotatable bonds is 3. The van der Waals surface area contributed by atoms with Gasteiger partial charge >= 0.3 is 0 Å². The number of nitrogens with zero attached hydrogens (tertiary/aromatic N) is 3. The quantitative estimate of drug-likeness (QED) is 0.496. The molecule has 4 nitrogen and oxygen atoms in total. The van der Waals surface area contributed by atoms with Gasteiger partial charge in [0.25, 0.3) is 5.91 Å². The number of hydrogen-bond acceptors (Lipinski definition) is 5. The molecule has 1 amide bonds. The van der Waals surface area contributed by atoms with Gasteiger partial charge in [-0.05, 0) is 67.9 Å². The topological polar surface area (TPSA) is 35.9 Å². The fraction of sp³-hybridized carbons (Fsp3) is 0.333. The molecular weight excluding hydrogens is 429 g/mol. The summed E-state index contributed by atoms with van der Waals surface area (Å²) in [7, 11) is 0. The van der Waals surface area contributed by atoms with E-state index < -0.39 is 0 Å². The number of carbonyl (C=O) groups is 1. The van der Waals surface area contributed by atoms with Crippen molar-refractivity contribution < 1.29 is 9.18 Å². The third kappa shape index (κ3) is 3.89. The number of fused-ring (bicyclic) bond motifs is 1. The molecule has 0 spiro atoms. The fourth-order valence-corrected chi connectivity index (χ4v) is 6.85. The van der Waals surface area contributed by atoms with Gasteiger partial charge in [-0.3, -0.25) is 9.69 Å². The average molecular weight is 454 g/mol. The fourth-order valence-electron chi connectivity index (χ4n) is 4.40. The van der Waals surface area contributed by atoms with Crippen LogP contribution < -0.4 is 4.90 Å². The molecule has 1 aliphatic carbocycles. The van der Waals surface area contributed by atoms with Crippen LogP contribution in [-0.4, -0.2) is 28.6 Å². The molecule has 0 atom stereocenters. The monoisotopic (exact) mass is 453 g/mol. The minimum atomic E-state index is -0.287. The lowest BCUT2D eigenvalue weighted by Gasteiger charge is -2.30. The number of amidine groups is 1. The Hall–Kier alpha value is -2.25. The van der Waals surface area contributed by atoms with E-state index in [0.29, 0.717) is 10.9 Å². The van der Waals surface area contributed by atoms with E-state index >= 15 is 0 Å². The summed E-state index contributed by atoms with van der Waals surface area (Å²) in [5.74, 6) is -0.240. The molecule has 1 saturated heterocycles. The number of thioether (sulfide) groups is 2. The standard InChI is InChI=1S/C24H24FN3OS2/c1-2-27-19-10-6-7-11-20(19)30-23(27)21-22(29)28(18-8-4-3-5-9-18)24(31-21)26-17-14-12-16(25)13-15-17/h6-7,10-15,18H,2-5,8-9H2,1H3/b23-21-,26-24?. The van der Waals surface area contributed by atoms with Gasteiger partial charge < -0.3 is 4.90 Å². The molecule has 0 bridgehead atoms. The normalized spacial score (nSPS) is 23.2. The number of halogens is 1. The maximum absolute atomic E-state index is 13.7. The van der Waals surface area contributed by atoms with Crippen LogP contribution in [0.15, 0.2) is 68.4 Å². The van der Waals surface area contributed by atoms with E-state index in [1.807, 2.05) is 17.0 Å². The molecule has 0 aromatic heterocycles. The smallest absolute Gasteiger partial charge is 0.269 e. The second-order valence-corrected chi connectivity index (χ2v) is 9.90. The van der Waals surface area contributed by atoms with E-state index in [0.717, 1.165) is 47.8 Å². The minimum Gasteiger partial charge on any atom is -0.334 e. The highest BCUT2D eigenvalue weighted by molar-refractivity contribution is 8.19. The Labute approximate surface area is 190 Å². The molecule has 2 aromatic rings. The summed E-state index contributed by atoms with van der Waals surface area (Å²) in [6.07, 6.45) is 5.50. The Morgan fingerprint density at radius 2 is 1.77 bits per heavy atom. The average Bonchev–Trinajstić information content (AvgIpc) is 3.32. The Morgan fingerprint density at radius 1 is 1.03 bits per heavy atom. The predicted octanol–water partition coefficient (Wildman–Crippen LogP) is 6.52. The first-order valence-electron chi connectivity index (χ1n) is 10.8. The van der Waals surface area contributed by atoms with E-state index in [9.17, 15) is 9.18 Å². The molecule has 2 fully saturated rings. The molecule has 160 valence electrons. The Bertz CT molecular complexity index is 1060. The molecular formula is C24H24FN3OS2. The van der Waals surface area contributed by atoms with Gasteiger partial charge in [0.1, 0.15) is 15.8 Å². The van der Waals surface area contributed by atoms with Crippen molar-refractivity contribution in [2.45, 2.75) is 50.0 Å². The van der Waals surface area contributed by atoms with Crippen LogP contribution in [-0.2, 0) is 4.79 Å². The van der Waals surface area contributed by atoms with Crippen molar-refractivity contribution in [1.82, 2.24) is 4.90 Å². The minimum absolute atomic E-state index is 0.0477. The van der Waals surface area contributed by atoms with Crippen molar-refractivity contribution >= 4 is 46.0 Å². The summed E-state index contributed by atoms with van der Waals surface area (Å²) in [4.78, 5) is 24.6. The molecule has 5 rings (SSSR count). The van der Waals surface area contributed by atoms with Crippen molar-refractivity contribution in [1.29, 1.82) is 0 Å². The van der Waals surface area contributed by atoms with E-state index in [4.69, 9.17) is 4.99 Å². The van der Waals surface area contributed by atoms with Crippen molar-refractivity contribution in [3.63, 3.8) is 0 Å². The number of para-hydroxylation sites is 1. The number of aliphatic imine (C=N–C) groups is 1. The second-order valence-electron chi connectivity index (χ2n) is 7.89. The zero-order valence-electron chi connectivity index (χ0n) is 17.4. The van der Waals surface area contributed by atoms with Crippen LogP contribution in [0.5, 0.6) is 0 Å². The summed E-state index contributed by atoms with van der Waals surface area (Å²) < 4.78 is 13.4. The lowest BCUT2D eigenvalue weighted by molar-refractivity contribution is -0.124. The summed E-state index contributed by atoms with van der Waals surface area (Å²) in [5, 5.41) is 1.70. The van der Waals surface area contributed by atoms with Crippen LogP contribution in [0.2, 0.25) is 0 Å². The highest BCUT2D eigenvalue weighted by Crippen LogP contribution is 2.51. The van der Waals surface area contributed by atoms with Gasteiger partial charge in [-0.1, -0.05) is 43.2 Å². The molecule has 1 saturated carbocycles. The summed E-state index contributed by atoms with van der Waals surface area (Å²) in [6, 6.07) is 14.6. The maximum Gasteiger partial charge on any atom is 0.269 e. The van der Waals surface area contributed by atoms with E-state index in [1.165, 1.54) is 35.2 Å². The molecule has 2 heterocycles. The van der Waals surface area contributed by atoms with Crippen LogP contribution in [0, 0.1) is 5.82 Å². The molecule has 31 heavy (non-hydrogen) atoms. The van der Waals surface area contributed by atoms with Gasteiger partial charge in [0, 0.05) is 17.5 Å². The third-order valence-electron chi connectivity index (χ3n) is 5.92.